The summed E-state index contributed by atoms with van der Waals surface area (Å²) in [7, 11) is 0. The summed E-state index contributed by atoms with van der Waals surface area (Å²) in [5.41, 5.74) is -0.0209. The van der Waals surface area contributed by atoms with Gasteiger partial charge in [-0.1, -0.05) is 35.3 Å². The molecule has 7 heteroatoms. The number of benzene rings is 2. The number of aromatic carboxylic acids is 1. The van der Waals surface area contributed by atoms with Crippen LogP contribution < -0.4 is 10.4 Å². The average molecular weight is 325 g/mol. The molecule has 108 valence electrons. The summed E-state index contributed by atoms with van der Waals surface area (Å²) in [5, 5.41) is 22.7. The Bertz CT molecular complexity index is 714. The van der Waals surface area contributed by atoms with Crippen LogP contribution in [0.15, 0.2) is 36.4 Å². The Morgan fingerprint density at radius 3 is 2.05 bits per heavy atom. The van der Waals surface area contributed by atoms with Gasteiger partial charge in [0.05, 0.1) is 21.2 Å². The van der Waals surface area contributed by atoms with Crippen LogP contribution in [0.4, 0.5) is 5.69 Å². The van der Waals surface area contributed by atoms with Gasteiger partial charge >= 0.3 is 5.97 Å². The molecule has 2 aromatic rings. The second kappa shape index (κ2) is 6.03. The molecule has 0 heterocycles. The van der Waals surface area contributed by atoms with Gasteiger partial charge in [-0.3, -0.25) is 4.79 Å². The highest BCUT2D eigenvalue weighted by Crippen LogP contribution is 2.27. The molecule has 0 bridgehead atoms. The minimum atomic E-state index is -1.30. The number of carboxylic acid groups (broad SMARTS) is 1. The van der Waals surface area contributed by atoms with Crippen molar-refractivity contribution in [3.8, 4) is 5.75 Å². The fourth-order valence-electron chi connectivity index (χ4n) is 1.65. The van der Waals surface area contributed by atoms with Crippen LogP contribution in [-0.4, -0.2) is 17.0 Å². The Morgan fingerprint density at radius 2 is 1.52 bits per heavy atom. The van der Waals surface area contributed by atoms with E-state index in [1.54, 1.807) is 0 Å². The van der Waals surface area contributed by atoms with Crippen molar-refractivity contribution in [3.63, 3.8) is 0 Å². The number of nitrogens with one attached hydrogen (secondary N) is 1. The van der Waals surface area contributed by atoms with Gasteiger partial charge in [0.15, 0.2) is 0 Å². The Labute approximate surface area is 129 Å². The van der Waals surface area contributed by atoms with Crippen LogP contribution in [0, 0.1) is 0 Å². The predicted molar refractivity (Wildman–Crippen MR) is 77.3 cm³/mol. The standard InChI is InChI=1S/C14H9Cl2NO4/c15-11-5-9(10(14(20)21)6-12(11)16)13(19)17-7-1-3-8(18)4-2-7/h1-6,18H,(H,17,19)(H,20,21)/p-1. The van der Waals surface area contributed by atoms with Gasteiger partial charge < -0.3 is 15.5 Å². The predicted octanol–water partition coefficient (Wildman–Crippen LogP) is 3.02. The van der Waals surface area contributed by atoms with Crippen molar-refractivity contribution < 1.29 is 19.8 Å². The maximum atomic E-state index is 12.1. The molecule has 0 aliphatic heterocycles. The lowest BCUT2D eigenvalue weighted by molar-refractivity contribution is -0.268. The first kappa shape index (κ1) is 15.2. The number of halogens is 2. The minimum absolute atomic E-state index is 0.0429. The van der Waals surface area contributed by atoms with E-state index < -0.39 is 11.9 Å². The second-order valence-electron chi connectivity index (χ2n) is 4.10. The summed E-state index contributed by atoms with van der Waals surface area (Å²) in [5.74, 6) is -2.16. The number of rotatable bonds is 3. The van der Waals surface area contributed by atoms with E-state index in [-0.39, 0.29) is 26.9 Å². The molecule has 0 aromatic heterocycles. The molecule has 2 aromatic carbocycles. The van der Waals surface area contributed by atoms with E-state index in [1.807, 2.05) is 0 Å². The van der Waals surface area contributed by atoms with Gasteiger partial charge in [0.1, 0.15) is 0 Å². The monoisotopic (exact) mass is 324 g/mol. The average Bonchev–Trinajstić information content (AvgIpc) is 2.43. The van der Waals surface area contributed by atoms with Crippen molar-refractivity contribution >= 4 is 40.8 Å². The highest BCUT2D eigenvalue weighted by molar-refractivity contribution is 6.42. The van der Waals surface area contributed by atoms with E-state index in [2.05, 4.69) is 5.32 Å². The van der Waals surface area contributed by atoms with Crippen LogP contribution in [0.1, 0.15) is 20.7 Å². The van der Waals surface area contributed by atoms with Crippen molar-refractivity contribution in [3.05, 3.63) is 57.6 Å². The lowest BCUT2D eigenvalue weighted by Crippen LogP contribution is -2.16. The molecule has 0 saturated heterocycles. The number of carbonyl (C=O) groups excluding carboxylic acids is 1. The molecule has 0 fully saturated rings. The number of anilines is 1. The Morgan fingerprint density at radius 1 is 1.00 bits per heavy atom. The SMILES string of the molecule is O=C(O)c1cc(Cl)c(Cl)cc1C(=O)Nc1ccc([O-])cc1. The summed E-state index contributed by atoms with van der Waals surface area (Å²) in [4.78, 5) is 23.3. The molecular weight excluding hydrogens is 317 g/mol. The zero-order valence-electron chi connectivity index (χ0n) is 10.4. The second-order valence-corrected chi connectivity index (χ2v) is 4.91. The molecular formula is C14H8Cl2NO4-. The van der Waals surface area contributed by atoms with Gasteiger partial charge in [-0.25, -0.2) is 4.79 Å². The number of hydrogen-bond donors (Lipinski definition) is 2. The first-order chi connectivity index (χ1) is 9.88. The van der Waals surface area contributed by atoms with Crippen LogP contribution >= 0.6 is 23.2 Å². The minimum Gasteiger partial charge on any atom is -0.872 e. The number of carbonyl (C=O) groups is 2. The molecule has 0 radical (unpaired) electrons. The van der Waals surface area contributed by atoms with Gasteiger partial charge in [0.25, 0.3) is 5.91 Å². The molecule has 2 N–H and O–H groups in total. The van der Waals surface area contributed by atoms with E-state index in [4.69, 9.17) is 28.3 Å². The highest BCUT2D eigenvalue weighted by atomic mass is 35.5. The van der Waals surface area contributed by atoms with Crippen LogP contribution in [0.5, 0.6) is 5.75 Å². The third-order valence-electron chi connectivity index (χ3n) is 2.65. The highest BCUT2D eigenvalue weighted by Gasteiger charge is 2.19. The number of carboxylic acids is 1. The van der Waals surface area contributed by atoms with Crippen LogP contribution in [-0.2, 0) is 0 Å². The molecule has 0 atom stereocenters. The van der Waals surface area contributed by atoms with Gasteiger partial charge in [-0.2, -0.15) is 0 Å². The van der Waals surface area contributed by atoms with E-state index in [9.17, 15) is 14.7 Å². The largest absolute Gasteiger partial charge is 0.872 e. The summed E-state index contributed by atoms with van der Waals surface area (Å²) in [6.07, 6.45) is 0. The maximum absolute atomic E-state index is 12.1. The fraction of sp³-hybridized carbons (Fsp3) is 0. The third kappa shape index (κ3) is 3.45. The maximum Gasteiger partial charge on any atom is 0.336 e. The van der Waals surface area contributed by atoms with Crippen LogP contribution in [0.3, 0.4) is 0 Å². The number of hydrogen-bond acceptors (Lipinski definition) is 3. The van der Waals surface area contributed by atoms with E-state index in [0.29, 0.717) is 5.69 Å². The quantitative estimate of drug-likeness (QED) is 0.908. The molecule has 5 nitrogen and oxygen atoms in total. The molecule has 0 unspecified atom stereocenters. The molecule has 2 rings (SSSR count). The van der Waals surface area contributed by atoms with Crippen molar-refractivity contribution in [2.45, 2.75) is 0 Å². The van der Waals surface area contributed by atoms with Crippen molar-refractivity contribution in [1.82, 2.24) is 0 Å². The molecule has 0 spiro atoms. The van der Waals surface area contributed by atoms with Gasteiger partial charge in [-0.05, 0) is 24.3 Å². The Balaban J connectivity index is 2.36. The van der Waals surface area contributed by atoms with Crippen molar-refractivity contribution in [1.29, 1.82) is 0 Å². The normalized spacial score (nSPS) is 10.2. The molecule has 0 saturated carbocycles. The summed E-state index contributed by atoms with van der Waals surface area (Å²) < 4.78 is 0. The van der Waals surface area contributed by atoms with Gasteiger partial charge in [-0.15, -0.1) is 5.75 Å². The van der Waals surface area contributed by atoms with Crippen molar-refractivity contribution in [2.75, 3.05) is 5.32 Å². The Kier molecular flexibility index (Phi) is 4.35. The lowest BCUT2D eigenvalue weighted by Gasteiger charge is -2.10. The number of amides is 1. The first-order valence-corrected chi connectivity index (χ1v) is 6.45. The molecule has 1 amide bonds. The van der Waals surface area contributed by atoms with Crippen LogP contribution in [0.2, 0.25) is 10.0 Å². The zero-order valence-corrected chi connectivity index (χ0v) is 11.9. The zero-order chi connectivity index (χ0) is 15.6. The van der Waals surface area contributed by atoms with E-state index >= 15 is 0 Å². The fourth-order valence-corrected chi connectivity index (χ4v) is 1.98. The smallest absolute Gasteiger partial charge is 0.336 e. The molecule has 0 aliphatic carbocycles. The summed E-state index contributed by atoms with van der Waals surface area (Å²) in [6.45, 7) is 0. The van der Waals surface area contributed by atoms with Gasteiger partial charge in [0, 0.05) is 5.69 Å². The molecule has 21 heavy (non-hydrogen) atoms. The summed E-state index contributed by atoms with van der Waals surface area (Å²) in [6, 6.07) is 7.69. The molecule has 0 aliphatic rings. The van der Waals surface area contributed by atoms with E-state index in [1.165, 1.54) is 30.3 Å². The first-order valence-electron chi connectivity index (χ1n) is 5.69. The van der Waals surface area contributed by atoms with Gasteiger partial charge in [0.2, 0.25) is 0 Å². The van der Waals surface area contributed by atoms with E-state index in [0.717, 1.165) is 6.07 Å². The topological polar surface area (TPSA) is 89.5 Å². The lowest BCUT2D eigenvalue weighted by atomic mass is 10.1. The Hall–Kier alpha value is -2.24. The third-order valence-corrected chi connectivity index (χ3v) is 3.37. The van der Waals surface area contributed by atoms with Crippen LogP contribution in [0.25, 0.3) is 0 Å². The van der Waals surface area contributed by atoms with Crippen molar-refractivity contribution in [2.24, 2.45) is 0 Å². The summed E-state index contributed by atoms with van der Waals surface area (Å²) >= 11 is 11.6.